The van der Waals surface area contributed by atoms with Crippen LogP contribution in [0.3, 0.4) is 0 Å². The van der Waals surface area contributed by atoms with Crippen LogP contribution in [0, 0.1) is 11.3 Å². The SMILES string of the molecule is C[C@@]12OC[C@@H](c3ccccc3)N1C(=O)c1ccc(C#N)nc1-c1ccccc12. The summed E-state index contributed by atoms with van der Waals surface area (Å²) in [5, 5.41) is 9.29. The van der Waals surface area contributed by atoms with Crippen molar-refractivity contribution in [2.24, 2.45) is 0 Å². The van der Waals surface area contributed by atoms with E-state index in [2.05, 4.69) is 11.1 Å². The molecule has 5 heteroatoms. The molecule has 3 aromatic rings. The number of pyridine rings is 1. The Morgan fingerprint density at radius 3 is 2.61 bits per heavy atom. The van der Waals surface area contributed by atoms with Crippen molar-refractivity contribution in [3.8, 4) is 17.3 Å². The van der Waals surface area contributed by atoms with E-state index >= 15 is 0 Å². The average molecular weight is 367 g/mol. The number of hydrogen-bond donors (Lipinski definition) is 0. The van der Waals surface area contributed by atoms with Gasteiger partial charge in [-0.05, 0) is 24.6 Å². The molecule has 0 aliphatic carbocycles. The van der Waals surface area contributed by atoms with Crippen LogP contribution in [0.25, 0.3) is 11.3 Å². The Morgan fingerprint density at radius 2 is 1.82 bits per heavy atom. The highest BCUT2D eigenvalue weighted by molar-refractivity contribution is 6.02. The van der Waals surface area contributed by atoms with Gasteiger partial charge in [0, 0.05) is 11.1 Å². The zero-order valence-electron chi connectivity index (χ0n) is 15.3. The minimum absolute atomic E-state index is 0.142. The molecule has 0 spiro atoms. The summed E-state index contributed by atoms with van der Waals surface area (Å²) in [7, 11) is 0. The van der Waals surface area contributed by atoms with Crippen molar-refractivity contribution in [2.45, 2.75) is 18.7 Å². The summed E-state index contributed by atoms with van der Waals surface area (Å²) < 4.78 is 6.29. The van der Waals surface area contributed by atoms with Crippen molar-refractivity contribution < 1.29 is 9.53 Å². The second kappa shape index (κ2) is 6.01. The Kier molecular flexibility index (Phi) is 3.58. The van der Waals surface area contributed by atoms with Crippen LogP contribution in [0.1, 0.15) is 40.1 Å². The normalized spacial score (nSPS) is 22.6. The molecular formula is C23H17N3O2. The zero-order valence-corrected chi connectivity index (χ0v) is 15.3. The van der Waals surface area contributed by atoms with Gasteiger partial charge in [-0.25, -0.2) is 4.98 Å². The van der Waals surface area contributed by atoms with Gasteiger partial charge < -0.3 is 4.74 Å². The van der Waals surface area contributed by atoms with E-state index in [1.165, 1.54) is 0 Å². The standard InChI is InChI=1S/C23H17N3O2/c1-23-19-10-6-5-9-17(19)21-18(12-11-16(13-24)25-21)22(27)26(23)20(14-28-23)15-7-3-2-4-8-15/h2-12,20H,14H2,1H3/t20-,23-/m0/s1. The number of ether oxygens (including phenoxy) is 1. The highest BCUT2D eigenvalue weighted by atomic mass is 16.5. The van der Waals surface area contributed by atoms with E-state index in [4.69, 9.17) is 4.74 Å². The van der Waals surface area contributed by atoms with Crippen LogP contribution in [0.5, 0.6) is 0 Å². The van der Waals surface area contributed by atoms with Gasteiger partial charge >= 0.3 is 0 Å². The Morgan fingerprint density at radius 1 is 1.07 bits per heavy atom. The van der Waals surface area contributed by atoms with Crippen molar-refractivity contribution in [1.82, 2.24) is 9.88 Å². The smallest absolute Gasteiger partial charge is 0.259 e. The van der Waals surface area contributed by atoms with Crippen molar-refractivity contribution in [1.29, 1.82) is 5.26 Å². The Labute approximate surface area is 162 Å². The van der Waals surface area contributed by atoms with Crippen LogP contribution in [-0.2, 0) is 10.5 Å². The lowest BCUT2D eigenvalue weighted by Gasteiger charge is -2.36. The summed E-state index contributed by atoms with van der Waals surface area (Å²) >= 11 is 0. The minimum Gasteiger partial charge on any atom is -0.349 e. The summed E-state index contributed by atoms with van der Waals surface area (Å²) in [5.41, 5.74) is 3.12. The van der Waals surface area contributed by atoms with Crippen LogP contribution in [0.4, 0.5) is 0 Å². The van der Waals surface area contributed by atoms with E-state index in [0.717, 1.165) is 16.7 Å². The van der Waals surface area contributed by atoms with Gasteiger partial charge in [0.05, 0.1) is 23.9 Å². The van der Waals surface area contributed by atoms with Crippen LogP contribution in [0.2, 0.25) is 0 Å². The summed E-state index contributed by atoms with van der Waals surface area (Å²) in [6, 6.07) is 22.8. The maximum absolute atomic E-state index is 13.7. The zero-order chi connectivity index (χ0) is 19.3. The van der Waals surface area contributed by atoms with E-state index in [9.17, 15) is 10.1 Å². The summed E-state index contributed by atoms with van der Waals surface area (Å²) in [5.74, 6) is -0.142. The molecule has 5 rings (SSSR count). The van der Waals surface area contributed by atoms with E-state index in [-0.39, 0.29) is 17.6 Å². The van der Waals surface area contributed by atoms with Gasteiger partial charge in [0.1, 0.15) is 11.8 Å². The third-order valence-electron chi connectivity index (χ3n) is 5.62. The molecule has 2 atom stereocenters. The van der Waals surface area contributed by atoms with Crippen LogP contribution in [-0.4, -0.2) is 22.4 Å². The molecule has 0 N–H and O–H groups in total. The van der Waals surface area contributed by atoms with Gasteiger partial charge in [-0.2, -0.15) is 5.26 Å². The summed E-state index contributed by atoms with van der Waals surface area (Å²) in [6.45, 7) is 2.35. The molecule has 1 fully saturated rings. The van der Waals surface area contributed by atoms with Gasteiger partial charge in [0.15, 0.2) is 5.72 Å². The number of nitrogens with zero attached hydrogens (tertiary/aromatic N) is 3. The van der Waals surface area contributed by atoms with Crippen molar-refractivity contribution >= 4 is 5.91 Å². The molecular weight excluding hydrogens is 350 g/mol. The Hall–Kier alpha value is -3.49. The molecule has 0 radical (unpaired) electrons. The molecule has 136 valence electrons. The number of benzene rings is 2. The highest BCUT2D eigenvalue weighted by Gasteiger charge is 2.52. The van der Waals surface area contributed by atoms with Crippen molar-refractivity contribution in [3.63, 3.8) is 0 Å². The van der Waals surface area contributed by atoms with Crippen LogP contribution >= 0.6 is 0 Å². The lowest BCUT2D eigenvalue weighted by Crippen LogP contribution is -2.44. The van der Waals surface area contributed by atoms with Gasteiger partial charge in [-0.3, -0.25) is 9.69 Å². The Balaban J connectivity index is 1.79. The molecule has 1 aromatic heterocycles. The molecule has 3 heterocycles. The molecule has 0 unspecified atom stereocenters. The number of amides is 1. The molecule has 2 aliphatic rings. The lowest BCUT2D eigenvalue weighted by molar-refractivity contribution is -0.0598. The molecule has 1 amide bonds. The highest BCUT2D eigenvalue weighted by Crippen LogP contribution is 2.49. The fourth-order valence-corrected chi connectivity index (χ4v) is 4.27. The molecule has 1 saturated heterocycles. The summed E-state index contributed by atoms with van der Waals surface area (Å²) in [6.07, 6.45) is 0. The number of carbonyl (C=O) groups excluding carboxylic acids is 1. The fraction of sp³-hybridized carbons (Fsp3) is 0.174. The quantitative estimate of drug-likeness (QED) is 0.651. The number of rotatable bonds is 1. The second-order valence-electron chi connectivity index (χ2n) is 7.15. The first-order chi connectivity index (χ1) is 13.6. The molecule has 0 saturated carbocycles. The second-order valence-corrected chi connectivity index (χ2v) is 7.15. The number of carbonyl (C=O) groups is 1. The van der Waals surface area contributed by atoms with Gasteiger partial charge in [0.2, 0.25) is 0 Å². The first kappa shape index (κ1) is 16.7. The molecule has 2 aromatic carbocycles. The summed E-state index contributed by atoms with van der Waals surface area (Å²) in [4.78, 5) is 20.0. The van der Waals surface area contributed by atoms with Crippen molar-refractivity contribution in [2.75, 3.05) is 6.61 Å². The van der Waals surface area contributed by atoms with E-state index in [0.29, 0.717) is 17.9 Å². The van der Waals surface area contributed by atoms with Gasteiger partial charge in [0.25, 0.3) is 5.91 Å². The molecule has 5 nitrogen and oxygen atoms in total. The monoisotopic (exact) mass is 367 g/mol. The fourth-order valence-electron chi connectivity index (χ4n) is 4.27. The van der Waals surface area contributed by atoms with E-state index in [1.54, 1.807) is 12.1 Å². The first-order valence-corrected chi connectivity index (χ1v) is 9.17. The van der Waals surface area contributed by atoms with E-state index < -0.39 is 5.72 Å². The maximum Gasteiger partial charge on any atom is 0.259 e. The minimum atomic E-state index is -0.915. The third-order valence-corrected chi connectivity index (χ3v) is 5.62. The molecule has 0 bridgehead atoms. The van der Waals surface area contributed by atoms with Gasteiger partial charge in [-0.1, -0.05) is 54.6 Å². The van der Waals surface area contributed by atoms with Crippen molar-refractivity contribution in [3.05, 3.63) is 89.1 Å². The van der Waals surface area contributed by atoms with Crippen LogP contribution < -0.4 is 0 Å². The molecule has 2 aliphatic heterocycles. The van der Waals surface area contributed by atoms with Gasteiger partial charge in [-0.15, -0.1) is 0 Å². The van der Waals surface area contributed by atoms with E-state index in [1.807, 2.05) is 66.4 Å². The average Bonchev–Trinajstić information content (AvgIpc) is 3.08. The third kappa shape index (κ3) is 2.22. The predicted molar refractivity (Wildman–Crippen MR) is 103 cm³/mol. The Bertz CT molecular complexity index is 1140. The number of fused-ring (bicyclic) bond motifs is 5. The first-order valence-electron chi connectivity index (χ1n) is 9.17. The van der Waals surface area contributed by atoms with Crippen LogP contribution in [0.15, 0.2) is 66.7 Å². The molecule has 28 heavy (non-hydrogen) atoms. The number of nitriles is 1. The predicted octanol–water partition coefficient (Wildman–Crippen LogP) is 4.02. The number of hydrogen-bond acceptors (Lipinski definition) is 4. The maximum atomic E-state index is 13.7. The largest absolute Gasteiger partial charge is 0.349 e. The number of aromatic nitrogens is 1. The topological polar surface area (TPSA) is 66.2 Å². The lowest BCUT2D eigenvalue weighted by atomic mass is 9.95.